The molecule has 0 fully saturated rings. The normalized spacial score (nSPS) is 10.4. The number of pyridine rings is 3. The summed E-state index contributed by atoms with van der Waals surface area (Å²) in [5.74, 6) is 0.348. The van der Waals surface area contributed by atoms with Crippen LogP contribution in [0.5, 0.6) is 0 Å². The maximum atomic E-state index is 11.1. The third-order valence-corrected chi connectivity index (χ3v) is 2.83. The van der Waals surface area contributed by atoms with Gasteiger partial charge in [-0.05, 0) is 24.3 Å². The van der Waals surface area contributed by atoms with E-state index in [0.29, 0.717) is 5.82 Å². The molecule has 0 aliphatic rings. The second-order valence-corrected chi connectivity index (χ2v) is 4.38. The summed E-state index contributed by atoms with van der Waals surface area (Å²) in [5, 5.41) is 3.58. The highest BCUT2D eigenvalue weighted by molar-refractivity contribution is 5.90. The van der Waals surface area contributed by atoms with Crippen molar-refractivity contribution in [2.24, 2.45) is 0 Å². The van der Waals surface area contributed by atoms with Crippen molar-refractivity contribution in [3.63, 3.8) is 0 Å². The van der Waals surface area contributed by atoms with Crippen LogP contribution >= 0.6 is 0 Å². The molecule has 0 saturated heterocycles. The predicted molar refractivity (Wildman–Crippen MR) is 77.1 cm³/mol. The Labute approximate surface area is 115 Å². The number of fused-ring (bicyclic) bond motifs is 1. The summed E-state index contributed by atoms with van der Waals surface area (Å²) in [6.45, 7) is 1.45. The summed E-state index contributed by atoms with van der Waals surface area (Å²) in [7, 11) is 0. The predicted octanol–water partition coefficient (Wildman–Crippen LogP) is 2.65. The number of carbonyl (C=O) groups excluding carboxylic acids is 1. The van der Waals surface area contributed by atoms with E-state index >= 15 is 0 Å². The summed E-state index contributed by atoms with van der Waals surface area (Å²) >= 11 is 0. The maximum absolute atomic E-state index is 11.1. The van der Waals surface area contributed by atoms with Crippen LogP contribution in [0.15, 0.2) is 48.9 Å². The first-order valence-electron chi connectivity index (χ1n) is 6.17. The molecule has 0 aliphatic heterocycles. The standard InChI is InChI=1S/C15H12N4O/c1-10(20)18-15-7-14-12(9-17-15)4-5-13(19-14)11-3-2-6-16-8-11/h2-9H,1H3,(H,17,18,20). The lowest BCUT2D eigenvalue weighted by Gasteiger charge is -2.05. The van der Waals surface area contributed by atoms with Crippen molar-refractivity contribution in [2.45, 2.75) is 6.92 Å². The van der Waals surface area contributed by atoms with Crippen LogP contribution in [0, 0.1) is 0 Å². The van der Waals surface area contributed by atoms with Gasteiger partial charge in [0.1, 0.15) is 5.82 Å². The molecule has 0 radical (unpaired) electrons. The third kappa shape index (κ3) is 2.47. The van der Waals surface area contributed by atoms with Gasteiger partial charge in [-0.2, -0.15) is 0 Å². The highest BCUT2D eigenvalue weighted by atomic mass is 16.1. The molecule has 1 N–H and O–H groups in total. The molecule has 5 heteroatoms. The molecule has 0 spiro atoms. The zero-order valence-corrected chi connectivity index (χ0v) is 10.9. The van der Waals surface area contributed by atoms with Crippen LogP contribution in [0.1, 0.15) is 6.92 Å². The number of hydrogen-bond acceptors (Lipinski definition) is 4. The largest absolute Gasteiger partial charge is 0.311 e. The van der Waals surface area contributed by atoms with E-state index < -0.39 is 0 Å². The number of nitrogens with one attached hydrogen (secondary N) is 1. The lowest BCUT2D eigenvalue weighted by atomic mass is 10.1. The van der Waals surface area contributed by atoms with Gasteiger partial charge in [0.2, 0.25) is 5.91 Å². The second-order valence-electron chi connectivity index (χ2n) is 4.38. The lowest BCUT2D eigenvalue weighted by Crippen LogP contribution is -2.07. The molecule has 3 aromatic rings. The average molecular weight is 264 g/mol. The van der Waals surface area contributed by atoms with Gasteiger partial charge in [0.25, 0.3) is 0 Å². The van der Waals surface area contributed by atoms with Crippen LogP contribution in [0.3, 0.4) is 0 Å². The summed E-state index contributed by atoms with van der Waals surface area (Å²) in [5.41, 5.74) is 2.57. The van der Waals surface area contributed by atoms with E-state index in [0.717, 1.165) is 22.2 Å². The minimum Gasteiger partial charge on any atom is -0.311 e. The van der Waals surface area contributed by atoms with Crippen LogP contribution in [-0.2, 0) is 4.79 Å². The first-order chi connectivity index (χ1) is 9.72. The molecule has 0 aromatic carbocycles. The number of hydrogen-bond donors (Lipinski definition) is 1. The van der Waals surface area contributed by atoms with Gasteiger partial charge in [0.15, 0.2) is 0 Å². The third-order valence-electron chi connectivity index (χ3n) is 2.83. The van der Waals surface area contributed by atoms with Gasteiger partial charge in [0.05, 0.1) is 11.2 Å². The zero-order valence-electron chi connectivity index (χ0n) is 10.9. The number of amides is 1. The maximum Gasteiger partial charge on any atom is 0.222 e. The van der Waals surface area contributed by atoms with Crippen molar-refractivity contribution >= 4 is 22.6 Å². The Bertz CT molecular complexity index is 771. The minimum atomic E-state index is -0.153. The topological polar surface area (TPSA) is 67.8 Å². The van der Waals surface area contributed by atoms with Gasteiger partial charge in [-0.1, -0.05) is 0 Å². The van der Waals surface area contributed by atoms with E-state index in [-0.39, 0.29) is 5.91 Å². The Morgan fingerprint density at radius 2 is 2.10 bits per heavy atom. The fourth-order valence-electron chi connectivity index (χ4n) is 1.94. The summed E-state index contributed by atoms with van der Waals surface area (Å²) < 4.78 is 0. The Morgan fingerprint density at radius 1 is 1.20 bits per heavy atom. The Kier molecular flexibility index (Phi) is 3.09. The quantitative estimate of drug-likeness (QED) is 0.772. The summed E-state index contributed by atoms with van der Waals surface area (Å²) in [6, 6.07) is 9.47. The van der Waals surface area contributed by atoms with E-state index in [4.69, 9.17) is 0 Å². The van der Waals surface area contributed by atoms with Gasteiger partial charge < -0.3 is 5.32 Å². The van der Waals surface area contributed by atoms with Gasteiger partial charge >= 0.3 is 0 Å². The lowest BCUT2D eigenvalue weighted by molar-refractivity contribution is -0.114. The van der Waals surface area contributed by atoms with E-state index in [1.165, 1.54) is 6.92 Å². The number of anilines is 1. The fourth-order valence-corrected chi connectivity index (χ4v) is 1.94. The molecule has 5 nitrogen and oxygen atoms in total. The minimum absolute atomic E-state index is 0.153. The number of carbonyl (C=O) groups is 1. The molecule has 98 valence electrons. The number of nitrogens with zero attached hydrogens (tertiary/aromatic N) is 3. The average Bonchev–Trinajstić information content (AvgIpc) is 2.47. The van der Waals surface area contributed by atoms with E-state index in [1.807, 2.05) is 24.3 Å². The summed E-state index contributed by atoms with van der Waals surface area (Å²) in [4.78, 5) is 23.9. The van der Waals surface area contributed by atoms with Crippen molar-refractivity contribution in [3.05, 3.63) is 48.9 Å². The van der Waals surface area contributed by atoms with Crippen molar-refractivity contribution in [1.29, 1.82) is 0 Å². The molecule has 3 aromatic heterocycles. The van der Waals surface area contributed by atoms with E-state index in [9.17, 15) is 4.79 Å². The molecule has 0 aliphatic carbocycles. The van der Waals surface area contributed by atoms with Crippen molar-refractivity contribution < 1.29 is 4.79 Å². The molecule has 3 rings (SSSR count). The van der Waals surface area contributed by atoms with Crippen molar-refractivity contribution in [3.8, 4) is 11.3 Å². The van der Waals surface area contributed by atoms with E-state index in [2.05, 4.69) is 20.3 Å². The van der Waals surface area contributed by atoms with Gasteiger partial charge in [-0.15, -0.1) is 0 Å². The van der Waals surface area contributed by atoms with Gasteiger partial charge in [0, 0.05) is 42.5 Å². The zero-order chi connectivity index (χ0) is 13.9. The molecular weight excluding hydrogens is 252 g/mol. The second kappa shape index (κ2) is 5.05. The van der Waals surface area contributed by atoms with Crippen LogP contribution in [-0.4, -0.2) is 20.9 Å². The molecule has 0 bridgehead atoms. The van der Waals surface area contributed by atoms with Crippen LogP contribution in [0.2, 0.25) is 0 Å². The Morgan fingerprint density at radius 3 is 2.85 bits per heavy atom. The smallest absolute Gasteiger partial charge is 0.222 e. The number of aromatic nitrogens is 3. The van der Waals surface area contributed by atoms with E-state index in [1.54, 1.807) is 24.7 Å². The summed E-state index contributed by atoms with van der Waals surface area (Å²) in [6.07, 6.45) is 5.19. The highest BCUT2D eigenvalue weighted by Crippen LogP contribution is 2.21. The molecule has 3 heterocycles. The van der Waals surface area contributed by atoms with Gasteiger partial charge in [-0.3, -0.25) is 9.78 Å². The van der Waals surface area contributed by atoms with Gasteiger partial charge in [-0.25, -0.2) is 9.97 Å². The highest BCUT2D eigenvalue weighted by Gasteiger charge is 2.04. The van der Waals surface area contributed by atoms with Crippen LogP contribution in [0.25, 0.3) is 22.2 Å². The first-order valence-corrected chi connectivity index (χ1v) is 6.17. The van der Waals surface area contributed by atoms with Crippen LogP contribution in [0.4, 0.5) is 5.82 Å². The van der Waals surface area contributed by atoms with Crippen molar-refractivity contribution in [2.75, 3.05) is 5.32 Å². The van der Waals surface area contributed by atoms with Crippen molar-refractivity contribution in [1.82, 2.24) is 15.0 Å². The Balaban J connectivity index is 2.07. The SMILES string of the molecule is CC(=O)Nc1cc2nc(-c3cccnc3)ccc2cn1. The Hall–Kier alpha value is -2.82. The molecule has 20 heavy (non-hydrogen) atoms. The first kappa shape index (κ1) is 12.2. The molecular formula is C15H12N4O. The molecule has 1 amide bonds. The number of rotatable bonds is 2. The molecule has 0 atom stereocenters. The van der Waals surface area contributed by atoms with Crippen LogP contribution < -0.4 is 5.32 Å². The fraction of sp³-hybridized carbons (Fsp3) is 0.0667. The monoisotopic (exact) mass is 264 g/mol. The molecule has 0 saturated carbocycles. The molecule has 0 unspecified atom stereocenters.